The van der Waals surface area contributed by atoms with Crippen molar-refractivity contribution in [2.24, 2.45) is 0 Å². The Kier molecular flexibility index (Phi) is 4.26. The Balaban J connectivity index is 2.21. The summed E-state index contributed by atoms with van der Waals surface area (Å²) in [6.07, 6.45) is -2.62. The van der Waals surface area contributed by atoms with Crippen LogP contribution in [0.5, 0.6) is 5.75 Å². The van der Waals surface area contributed by atoms with Crippen molar-refractivity contribution in [2.45, 2.75) is 45.3 Å². The lowest BCUT2D eigenvalue weighted by molar-refractivity contribution is 0.00578. The van der Waals surface area contributed by atoms with Crippen LogP contribution in [0.25, 0.3) is 0 Å². The Morgan fingerprint density at radius 2 is 1.67 bits per heavy atom. The van der Waals surface area contributed by atoms with Gasteiger partial charge in [-0.2, -0.15) is 0 Å². The van der Waals surface area contributed by atoms with Crippen LogP contribution in [0.2, 0.25) is 0 Å². The van der Waals surface area contributed by atoms with Gasteiger partial charge in [0.2, 0.25) is 0 Å². The van der Waals surface area contributed by atoms with E-state index in [4.69, 9.17) is 14.0 Å². The molecular formula is C14H18BF3O3. The first-order valence-corrected chi connectivity index (χ1v) is 6.68. The van der Waals surface area contributed by atoms with Crippen molar-refractivity contribution in [3.63, 3.8) is 0 Å². The lowest BCUT2D eigenvalue weighted by atomic mass is 9.79. The zero-order valence-electron chi connectivity index (χ0n) is 12.5. The maximum atomic E-state index is 13.6. The van der Waals surface area contributed by atoms with Crippen LogP contribution in [0.4, 0.5) is 13.2 Å². The Labute approximate surface area is 122 Å². The predicted octanol–water partition coefficient (Wildman–Crippen LogP) is 2.77. The molecular weight excluding hydrogens is 284 g/mol. The fraction of sp³-hybridized carbons (Fsp3) is 0.571. The molecule has 0 aliphatic carbocycles. The van der Waals surface area contributed by atoms with Crippen molar-refractivity contribution in [1.82, 2.24) is 0 Å². The predicted molar refractivity (Wildman–Crippen MR) is 73.6 cm³/mol. The topological polar surface area (TPSA) is 27.7 Å². The van der Waals surface area contributed by atoms with Crippen LogP contribution >= 0.6 is 0 Å². The average molecular weight is 302 g/mol. The minimum absolute atomic E-state index is 0.0278. The number of ether oxygens (including phenoxy) is 1. The van der Waals surface area contributed by atoms with E-state index in [1.807, 2.05) is 27.7 Å². The van der Waals surface area contributed by atoms with Crippen molar-refractivity contribution >= 4 is 12.6 Å². The molecule has 3 nitrogen and oxygen atoms in total. The van der Waals surface area contributed by atoms with Gasteiger partial charge in [-0.15, -0.1) is 0 Å². The van der Waals surface area contributed by atoms with Gasteiger partial charge in [-0.05, 0) is 45.3 Å². The molecule has 116 valence electrons. The zero-order chi connectivity index (χ0) is 15.8. The molecule has 0 N–H and O–H groups in total. The molecule has 0 atom stereocenters. The maximum absolute atomic E-state index is 13.6. The molecule has 1 fully saturated rings. The quantitative estimate of drug-likeness (QED) is 0.801. The van der Waals surface area contributed by atoms with Gasteiger partial charge in [0, 0.05) is 6.07 Å². The molecule has 1 aliphatic heterocycles. The van der Waals surface area contributed by atoms with Gasteiger partial charge >= 0.3 is 7.12 Å². The highest BCUT2D eigenvalue weighted by Gasteiger charge is 2.51. The van der Waals surface area contributed by atoms with Crippen LogP contribution in [0.3, 0.4) is 0 Å². The number of hydrogen-bond donors (Lipinski definition) is 0. The van der Waals surface area contributed by atoms with E-state index >= 15 is 0 Å². The molecule has 0 saturated carbocycles. The summed E-state index contributed by atoms with van der Waals surface area (Å²) in [5.41, 5.74) is -0.722. The third-order valence-electron chi connectivity index (χ3n) is 3.80. The van der Waals surface area contributed by atoms with Gasteiger partial charge in [0.25, 0.3) is 6.43 Å². The van der Waals surface area contributed by atoms with Gasteiger partial charge in [-0.3, -0.25) is 0 Å². The Morgan fingerprint density at radius 3 is 2.19 bits per heavy atom. The SMILES string of the molecule is CC1(C)OB(c2cc(F)cc(OCC(F)F)c2)OC1(C)C. The van der Waals surface area contributed by atoms with Gasteiger partial charge in [-0.25, -0.2) is 13.2 Å². The lowest BCUT2D eigenvalue weighted by Gasteiger charge is -2.32. The number of alkyl halides is 2. The lowest BCUT2D eigenvalue weighted by Crippen LogP contribution is -2.41. The Morgan fingerprint density at radius 1 is 1.10 bits per heavy atom. The van der Waals surface area contributed by atoms with E-state index in [-0.39, 0.29) is 5.75 Å². The van der Waals surface area contributed by atoms with Crippen LogP contribution < -0.4 is 10.2 Å². The molecule has 1 aliphatic rings. The van der Waals surface area contributed by atoms with E-state index in [2.05, 4.69) is 0 Å². The van der Waals surface area contributed by atoms with E-state index < -0.39 is 37.2 Å². The van der Waals surface area contributed by atoms with Gasteiger partial charge in [-0.1, -0.05) is 0 Å². The number of halogens is 3. The number of hydrogen-bond acceptors (Lipinski definition) is 3. The molecule has 1 heterocycles. The highest BCUT2D eigenvalue weighted by Crippen LogP contribution is 2.36. The summed E-state index contributed by atoms with van der Waals surface area (Å²) < 4.78 is 54.4. The molecule has 0 amide bonds. The van der Waals surface area contributed by atoms with E-state index in [0.717, 1.165) is 6.07 Å². The van der Waals surface area contributed by atoms with Gasteiger partial charge in [0.15, 0.2) is 0 Å². The molecule has 21 heavy (non-hydrogen) atoms. The Hall–Kier alpha value is -1.21. The summed E-state index contributed by atoms with van der Waals surface area (Å²) in [5, 5.41) is 0. The van der Waals surface area contributed by atoms with Gasteiger partial charge < -0.3 is 14.0 Å². The summed E-state index contributed by atoms with van der Waals surface area (Å²) in [4.78, 5) is 0. The molecule has 2 rings (SSSR count). The van der Waals surface area contributed by atoms with Crippen LogP contribution in [0.15, 0.2) is 18.2 Å². The molecule has 0 bridgehead atoms. The molecule has 1 aromatic carbocycles. The standard InChI is InChI=1S/C14H18BF3O3/c1-13(2)14(3,4)21-15(20-13)9-5-10(16)7-11(6-9)19-8-12(17)18/h5-7,12H,8H2,1-4H3. The van der Waals surface area contributed by atoms with Crippen molar-refractivity contribution < 1.29 is 27.2 Å². The largest absolute Gasteiger partial charge is 0.495 e. The highest BCUT2D eigenvalue weighted by atomic mass is 19.3. The van der Waals surface area contributed by atoms with Crippen molar-refractivity contribution in [3.05, 3.63) is 24.0 Å². The second-order valence-electron chi connectivity index (χ2n) is 6.01. The number of benzene rings is 1. The molecule has 0 spiro atoms. The van der Waals surface area contributed by atoms with Gasteiger partial charge in [0.1, 0.15) is 18.2 Å². The van der Waals surface area contributed by atoms with Gasteiger partial charge in [0.05, 0.1) is 11.2 Å². The first-order valence-electron chi connectivity index (χ1n) is 6.68. The molecule has 1 saturated heterocycles. The fourth-order valence-corrected chi connectivity index (χ4v) is 1.94. The van der Waals surface area contributed by atoms with Crippen molar-refractivity contribution in [3.8, 4) is 5.75 Å². The third kappa shape index (κ3) is 3.52. The van der Waals surface area contributed by atoms with E-state index in [0.29, 0.717) is 5.46 Å². The van der Waals surface area contributed by atoms with E-state index in [1.165, 1.54) is 12.1 Å². The molecule has 0 radical (unpaired) electrons. The van der Waals surface area contributed by atoms with Crippen molar-refractivity contribution in [2.75, 3.05) is 6.61 Å². The summed E-state index contributed by atoms with van der Waals surface area (Å²) in [6.45, 7) is 6.72. The molecule has 1 aromatic rings. The monoisotopic (exact) mass is 302 g/mol. The van der Waals surface area contributed by atoms with E-state index in [1.54, 1.807) is 0 Å². The second kappa shape index (κ2) is 5.53. The third-order valence-corrected chi connectivity index (χ3v) is 3.80. The van der Waals surface area contributed by atoms with Crippen LogP contribution in [-0.4, -0.2) is 31.4 Å². The number of rotatable bonds is 4. The molecule has 0 aromatic heterocycles. The normalized spacial score (nSPS) is 20.1. The minimum Gasteiger partial charge on any atom is -0.488 e. The molecule has 7 heteroatoms. The smallest absolute Gasteiger partial charge is 0.488 e. The highest BCUT2D eigenvalue weighted by molar-refractivity contribution is 6.62. The first-order chi connectivity index (χ1) is 9.60. The first kappa shape index (κ1) is 16.2. The van der Waals surface area contributed by atoms with E-state index in [9.17, 15) is 13.2 Å². The summed E-state index contributed by atoms with van der Waals surface area (Å²) in [6, 6.07) is 3.75. The summed E-state index contributed by atoms with van der Waals surface area (Å²) in [5.74, 6) is -0.563. The minimum atomic E-state index is -2.62. The fourth-order valence-electron chi connectivity index (χ4n) is 1.94. The van der Waals surface area contributed by atoms with Crippen LogP contribution in [0, 0.1) is 5.82 Å². The van der Waals surface area contributed by atoms with Crippen LogP contribution in [0.1, 0.15) is 27.7 Å². The average Bonchev–Trinajstić information content (AvgIpc) is 2.55. The molecule has 0 unspecified atom stereocenters. The zero-order valence-corrected chi connectivity index (χ0v) is 12.5. The summed E-state index contributed by atoms with van der Waals surface area (Å²) >= 11 is 0. The summed E-state index contributed by atoms with van der Waals surface area (Å²) in [7, 11) is -0.764. The second-order valence-corrected chi connectivity index (χ2v) is 6.01. The van der Waals surface area contributed by atoms with Crippen molar-refractivity contribution in [1.29, 1.82) is 0 Å². The Bertz CT molecular complexity index is 504. The maximum Gasteiger partial charge on any atom is 0.495 e. The van der Waals surface area contributed by atoms with Crippen LogP contribution in [-0.2, 0) is 9.31 Å².